The van der Waals surface area contributed by atoms with Crippen LogP contribution in [0.5, 0.6) is 0 Å². The monoisotopic (exact) mass is 396 g/mol. The van der Waals surface area contributed by atoms with Crippen LogP contribution in [0.2, 0.25) is 0 Å². The van der Waals surface area contributed by atoms with E-state index < -0.39 is 14.9 Å². The first-order valence-electron chi connectivity index (χ1n) is 6.50. The molecule has 0 aromatic heterocycles. The molecule has 0 fully saturated rings. The zero-order chi connectivity index (χ0) is 17.0. The molecule has 0 saturated carbocycles. The van der Waals surface area contributed by atoms with Crippen LogP contribution in [-0.4, -0.2) is 19.9 Å². The van der Waals surface area contributed by atoms with E-state index in [-0.39, 0.29) is 22.8 Å². The Hall–Kier alpha value is -2.19. The van der Waals surface area contributed by atoms with Gasteiger partial charge in [0.1, 0.15) is 0 Å². The van der Waals surface area contributed by atoms with Crippen molar-refractivity contribution in [2.75, 3.05) is 10.8 Å². The van der Waals surface area contributed by atoms with Gasteiger partial charge < -0.3 is 0 Å². The second-order valence-electron chi connectivity index (χ2n) is 4.56. The summed E-state index contributed by atoms with van der Waals surface area (Å²) in [5.41, 5.74) is 0.0320. The Morgan fingerprint density at radius 2 is 1.87 bits per heavy atom. The van der Waals surface area contributed by atoms with Crippen LogP contribution in [0.3, 0.4) is 0 Å². The van der Waals surface area contributed by atoms with Crippen molar-refractivity contribution < 1.29 is 13.3 Å². The lowest BCUT2D eigenvalue weighted by Crippen LogP contribution is -2.31. The summed E-state index contributed by atoms with van der Waals surface area (Å²) in [5.74, 6) is 0. The van der Waals surface area contributed by atoms with Crippen molar-refractivity contribution in [3.63, 3.8) is 0 Å². The molecule has 2 aromatic rings. The second kappa shape index (κ2) is 6.93. The lowest BCUT2D eigenvalue weighted by molar-refractivity contribution is -0.384. The summed E-state index contributed by atoms with van der Waals surface area (Å²) in [7, 11) is -3.86. The van der Waals surface area contributed by atoms with Crippen molar-refractivity contribution in [2.24, 2.45) is 0 Å². The first-order valence-corrected chi connectivity index (χ1v) is 8.73. The van der Waals surface area contributed by atoms with Crippen molar-refractivity contribution >= 4 is 37.3 Å². The average Bonchev–Trinajstić information content (AvgIpc) is 2.53. The first kappa shape index (κ1) is 17.2. The molecule has 0 saturated heterocycles. The van der Waals surface area contributed by atoms with Gasteiger partial charge in [0.05, 0.1) is 22.1 Å². The number of anilines is 1. The summed E-state index contributed by atoms with van der Waals surface area (Å²) < 4.78 is 27.4. The third-order valence-electron chi connectivity index (χ3n) is 3.03. The molecule has 23 heavy (non-hydrogen) atoms. The quantitative estimate of drug-likeness (QED) is 0.423. The summed E-state index contributed by atoms with van der Waals surface area (Å²) in [6.45, 7) is 3.56. The van der Waals surface area contributed by atoms with Crippen LogP contribution in [0.25, 0.3) is 0 Å². The minimum atomic E-state index is -3.86. The molecule has 0 N–H and O–H groups in total. The van der Waals surface area contributed by atoms with E-state index in [2.05, 4.69) is 22.5 Å². The van der Waals surface area contributed by atoms with E-state index in [1.807, 2.05) is 0 Å². The number of nitrogens with zero attached hydrogens (tertiary/aromatic N) is 2. The number of non-ortho nitro benzene ring substituents is 1. The summed E-state index contributed by atoms with van der Waals surface area (Å²) in [5, 5.41) is 10.9. The molecule has 0 aliphatic heterocycles. The Balaban J connectivity index is 2.53. The molecule has 0 aliphatic carbocycles. The van der Waals surface area contributed by atoms with E-state index in [1.54, 1.807) is 12.1 Å². The molecule has 8 heteroatoms. The predicted octanol–water partition coefficient (Wildman–Crippen LogP) is 3.74. The van der Waals surface area contributed by atoms with E-state index in [4.69, 9.17) is 0 Å². The van der Waals surface area contributed by atoms with Gasteiger partial charge in [0.15, 0.2) is 0 Å². The van der Waals surface area contributed by atoms with Crippen LogP contribution in [-0.2, 0) is 10.0 Å². The number of hydrogen-bond acceptors (Lipinski definition) is 4. The molecule has 0 unspecified atom stereocenters. The zero-order valence-corrected chi connectivity index (χ0v) is 14.3. The Morgan fingerprint density at radius 1 is 1.22 bits per heavy atom. The maximum absolute atomic E-state index is 12.8. The molecule has 2 aromatic carbocycles. The van der Waals surface area contributed by atoms with Crippen LogP contribution < -0.4 is 4.31 Å². The molecular weight excluding hydrogens is 384 g/mol. The fourth-order valence-corrected chi connectivity index (χ4v) is 3.65. The average molecular weight is 397 g/mol. The maximum Gasteiger partial charge on any atom is 0.271 e. The summed E-state index contributed by atoms with van der Waals surface area (Å²) in [4.78, 5) is 10.4. The van der Waals surface area contributed by atoms with Gasteiger partial charge in [0, 0.05) is 16.6 Å². The van der Waals surface area contributed by atoms with Gasteiger partial charge in [-0.3, -0.25) is 14.4 Å². The van der Waals surface area contributed by atoms with Gasteiger partial charge in [-0.05, 0) is 30.3 Å². The number of benzene rings is 2. The minimum absolute atomic E-state index is 0.000432. The largest absolute Gasteiger partial charge is 0.271 e. The molecule has 0 radical (unpaired) electrons. The smallest absolute Gasteiger partial charge is 0.262 e. The minimum Gasteiger partial charge on any atom is -0.262 e. The molecule has 0 aliphatic rings. The molecule has 0 atom stereocenters. The number of rotatable bonds is 6. The summed E-state index contributed by atoms with van der Waals surface area (Å²) >= 11 is 3.25. The van der Waals surface area contributed by atoms with E-state index in [9.17, 15) is 18.5 Å². The van der Waals surface area contributed by atoms with Crippen molar-refractivity contribution in [1.29, 1.82) is 0 Å². The molecule has 0 bridgehead atoms. The fourth-order valence-electron chi connectivity index (χ4n) is 1.96. The van der Waals surface area contributed by atoms with Crippen molar-refractivity contribution in [2.45, 2.75) is 4.90 Å². The third-order valence-corrected chi connectivity index (χ3v) is 5.36. The summed E-state index contributed by atoms with van der Waals surface area (Å²) in [6, 6.07) is 11.6. The molecule has 0 amide bonds. The van der Waals surface area contributed by atoms with Crippen LogP contribution >= 0.6 is 15.9 Å². The topological polar surface area (TPSA) is 80.5 Å². The lowest BCUT2D eigenvalue weighted by Gasteiger charge is -2.23. The van der Waals surface area contributed by atoms with Gasteiger partial charge in [-0.15, -0.1) is 6.58 Å². The van der Waals surface area contributed by atoms with Gasteiger partial charge in [-0.2, -0.15) is 0 Å². The molecule has 120 valence electrons. The van der Waals surface area contributed by atoms with E-state index in [0.29, 0.717) is 0 Å². The van der Waals surface area contributed by atoms with E-state index in [1.165, 1.54) is 42.5 Å². The van der Waals surface area contributed by atoms with Crippen LogP contribution in [0.15, 0.2) is 70.6 Å². The van der Waals surface area contributed by atoms with Crippen molar-refractivity contribution in [3.05, 3.63) is 75.8 Å². The Morgan fingerprint density at radius 3 is 2.43 bits per heavy atom. The molecule has 0 heterocycles. The highest BCUT2D eigenvalue weighted by atomic mass is 79.9. The van der Waals surface area contributed by atoms with Crippen LogP contribution in [0.1, 0.15) is 0 Å². The van der Waals surface area contributed by atoms with Crippen molar-refractivity contribution in [1.82, 2.24) is 0 Å². The van der Waals surface area contributed by atoms with E-state index in [0.717, 1.165) is 8.78 Å². The standard InChI is InChI=1S/C15H13BrN2O4S/c1-2-10-17(13-4-3-5-14(11-13)18(19)20)23(21,22)15-8-6-12(16)7-9-15/h2-9,11H,1,10H2. The highest BCUT2D eigenvalue weighted by Gasteiger charge is 2.25. The van der Waals surface area contributed by atoms with Crippen molar-refractivity contribution in [3.8, 4) is 0 Å². The number of halogens is 1. The van der Waals surface area contributed by atoms with Gasteiger partial charge >= 0.3 is 0 Å². The number of hydrogen-bond donors (Lipinski definition) is 0. The number of nitro groups is 1. The van der Waals surface area contributed by atoms with E-state index >= 15 is 0 Å². The number of nitro benzene ring substituents is 1. The molecule has 0 spiro atoms. The second-order valence-corrected chi connectivity index (χ2v) is 7.33. The van der Waals surface area contributed by atoms with Gasteiger partial charge in [-0.1, -0.05) is 28.1 Å². The molecular formula is C15H13BrN2O4S. The third kappa shape index (κ3) is 3.77. The van der Waals surface area contributed by atoms with Crippen LogP contribution in [0, 0.1) is 10.1 Å². The fraction of sp³-hybridized carbons (Fsp3) is 0.0667. The van der Waals surface area contributed by atoms with Crippen LogP contribution in [0.4, 0.5) is 11.4 Å². The van der Waals surface area contributed by atoms with Gasteiger partial charge in [-0.25, -0.2) is 8.42 Å². The molecule has 6 nitrogen and oxygen atoms in total. The normalized spacial score (nSPS) is 11.0. The summed E-state index contributed by atoms with van der Waals surface area (Å²) in [6.07, 6.45) is 1.43. The first-order chi connectivity index (χ1) is 10.9. The predicted molar refractivity (Wildman–Crippen MR) is 92.0 cm³/mol. The highest BCUT2D eigenvalue weighted by Crippen LogP contribution is 2.27. The molecule has 2 rings (SSSR count). The number of sulfonamides is 1. The Bertz CT molecular complexity index is 835. The maximum atomic E-state index is 12.8. The van der Waals surface area contributed by atoms with Gasteiger partial charge in [0.2, 0.25) is 0 Å². The van der Waals surface area contributed by atoms with Gasteiger partial charge in [0.25, 0.3) is 15.7 Å². The highest BCUT2D eigenvalue weighted by molar-refractivity contribution is 9.10. The Labute approximate surface area is 142 Å². The zero-order valence-electron chi connectivity index (χ0n) is 11.9. The Kier molecular flexibility index (Phi) is 5.17. The lowest BCUT2D eigenvalue weighted by atomic mass is 10.3. The SMILES string of the molecule is C=CCN(c1cccc([N+](=O)[O-])c1)S(=O)(=O)c1ccc(Br)cc1.